The molecule has 0 atom stereocenters. The van der Waals surface area contributed by atoms with Gasteiger partial charge in [0, 0.05) is 6.42 Å². The average molecular weight is 235 g/mol. The summed E-state index contributed by atoms with van der Waals surface area (Å²) in [7, 11) is 0. The molecule has 1 amide bonds. The van der Waals surface area contributed by atoms with Crippen LogP contribution in [-0.4, -0.2) is 23.5 Å². The fourth-order valence-corrected chi connectivity index (χ4v) is 1.41. The maximum Gasteiger partial charge on any atom is 0.220 e. The lowest BCUT2D eigenvalue weighted by Crippen LogP contribution is -2.33. The quantitative estimate of drug-likeness (QED) is 0.296. The highest BCUT2D eigenvalue weighted by Crippen LogP contribution is 2.04. The van der Waals surface area contributed by atoms with Gasteiger partial charge in [-0.25, -0.2) is 0 Å². The van der Waals surface area contributed by atoms with Gasteiger partial charge in [-0.3, -0.25) is 4.79 Å². The second-order valence-electron chi connectivity index (χ2n) is 3.71. The second kappa shape index (κ2) is 7.27. The summed E-state index contributed by atoms with van der Waals surface area (Å²) in [5.74, 6) is -0.0889. The zero-order valence-corrected chi connectivity index (χ0v) is 9.60. The molecule has 0 aromatic heterocycles. The number of nitrogens with two attached hydrogens (primary N) is 1. The van der Waals surface area contributed by atoms with Crippen molar-refractivity contribution in [3.63, 3.8) is 0 Å². The van der Waals surface area contributed by atoms with Gasteiger partial charge in [-0.2, -0.15) is 0 Å². The Bertz CT molecular complexity index is 377. The van der Waals surface area contributed by atoms with Crippen molar-refractivity contribution >= 4 is 11.7 Å². The number of aryl methyl sites for hydroxylation is 1. The van der Waals surface area contributed by atoms with Crippen LogP contribution in [0.25, 0.3) is 0 Å². The maximum atomic E-state index is 11.4. The molecule has 0 saturated carbocycles. The molecule has 5 nitrogen and oxygen atoms in total. The summed E-state index contributed by atoms with van der Waals surface area (Å²) < 4.78 is 0. The minimum absolute atomic E-state index is 0.00130. The Hall–Kier alpha value is -2.04. The van der Waals surface area contributed by atoms with E-state index in [1.165, 1.54) is 5.56 Å². The van der Waals surface area contributed by atoms with E-state index in [0.717, 1.165) is 12.8 Å². The molecule has 5 heteroatoms. The number of hydrogen-bond donors (Lipinski definition) is 3. The number of carbonyl (C=O) groups is 1. The number of amidine groups is 1. The molecular formula is C12H17N3O2. The molecule has 92 valence electrons. The number of nitrogens with zero attached hydrogens (tertiary/aromatic N) is 1. The number of carbonyl (C=O) groups excluding carboxylic acids is 1. The van der Waals surface area contributed by atoms with Crippen LogP contribution < -0.4 is 11.1 Å². The van der Waals surface area contributed by atoms with Gasteiger partial charge in [-0.05, 0) is 18.4 Å². The lowest BCUT2D eigenvalue weighted by Gasteiger charge is -2.04. The normalized spacial score (nSPS) is 11.2. The van der Waals surface area contributed by atoms with Gasteiger partial charge >= 0.3 is 0 Å². The summed E-state index contributed by atoms with van der Waals surface area (Å²) in [6.45, 7) is 0.0840. The molecule has 0 spiro atoms. The van der Waals surface area contributed by atoms with Crippen molar-refractivity contribution in [1.82, 2.24) is 5.32 Å². The van der Waals surface area contributed by atoms with Crippen LogP contribution in [0.2, 0.25) is 0 Å². The first-order chi connectivity index (χ1) is 8.22. The van der Waals surface area contributed by atoms with Crippen LogP contribution >= 0.6 is 0 Å². The van der Waals surface area contributed by atoms with E-state index in [9.17, 15) is 4.79 Å². The van der Waals surface area contributed by atoms with Crippen LogP contribution in [0.1, 0.15) is 18.4 Å². The summed E-state index contributed by atoms with van der Waals surface area (Å²) in [5, 5.41) is 13.6. The molecule has 17 heavy (non-hydrogen) atoms. The minimum Gasteiger partial charge on any atom is -0.409 e. The molecule has 0 saturated heterocycles. The molecule has 0 aliphatic rings. The summed E-state index contributed by atoms with van der Waals surface area (Å²) in [4.78, 5) is 11.4. The van der Waals surface area contributed by atoms with Crippen LogP contribution in [0.3, 0.4) is 0 Å². The van der Waals surface area contributed by atoms with Gasteiger partial charge in [0.15, 0.2) is 5.84 Å². The third-order valence-corrected chi connectivity index (χ3v) is 2.31. The van der Waals surface area contributed by atoms with E-state index in [2.05, 4.69) is 10.5 Å². The van der Waals surface area contributed by atoms with Crippen molar-refractivity contribution < 1.29 is 10.0 Å². The molecular weight excluding hydrogens is 218 g/mol. The number of oxime groups is 1. The van der Waals surface area contributed by atoms with Gasteiger partial charge in [0.2, 0.25) is 5.91 Å². The Morgan fingerprint density at radius 1 is 1.35 bits per heavy atom. The standard InChI is InChI=1S/C12H17N3O2/c13-11(15-17)9-14-12(16)8-4-7-10-5-2-1-3-6-10/h1-3,5-6,17H,4,7-9H2,(H2,13,15)(H,14,16). The van der Waals surface area contributed by atoms with Crippen molar-refractivity contribution in [1.29, 1.82) is 0 Å². The van der Waals surface area contributed by atoms with Gasteiger partial charge in [0.05, 0.1) is 6.54 Å². The predicted octanol–water partition coefficient (Wildman–Crippen LogP) is 0.872. The Balaban J connectivity index is 2.16. The number of rotatable bonds is 6. The van der Waals surface area contributed by atoms with E-state index in [4.69, 9.17) is 10.9 Å². The first kappa shape index (κ1) is 13.0. The van der Waals surface area contributed by atoms with E-state index in [1.807, 2.05) is 30.3 Å². The van der Waals surface area contributed by atoms with Gasteiger partial charge < -0.3 is 16.3 Å². The van der Waals surface area contributed by atoms with Gasteiger partial charge in [0.25, 0.3) is 0 Å². The third kappa shape index (κ3) is 5.55. The topological polar surface area (TPSA) is 87.7 Å². The summed E-state index contributed by atoms with van der Waals surface area (Å²) in [5.41, 5.74) is 6.45. The molecule has 1 aromatic rings. The minimum atomic E-state index is -0.0902. The molecule has 0 bridgehead atoms. The molecule has 0 unspecified atom stereocenters. The lowest BCUT2D eigenvalue weighted by atomic mass is 10.1. The van der Waals surface area contributed by atoms with Gasteiger partial charge in [-0.15, -0.1) is 0 Å². The van der Waals surface area contributed by atoms with Crippen LogP contribution in [0.5, 0.6) is 0 Å². The van der Waals surface area contributed by atoms with Crippen molar-refractivity contribution in [2.24, 2.45) is 10.9 Å². The molecule has 1 rings (SSSR count). The van der Waals surface area contributed by atoms with E-state index >= 15 is 0 Å². The highest BCUT2D eigenvalue weighted by Gasteiger charge is 2.02. The van der Waals surface area contributed by atoms with Gasteiger partial charge in [0.1, 0.15) is 0 Å². The fraction of sp³-hybridized carbons (Fsp3) is 0.333. The van der Waals surface area contributed by atoms with Crippen molar-refractivity contribution in [2.45, 2.75) is 19.3 Å². The highest BCUT2D eigenvalue weighted by molar-refractivity contribution is 5.86. The molecule has 0 radical (unpaired) electrons. The molecule has 0 aliphatic heterocycles. The Morgan fingerprint density at radius 2 is 2.06 bits per heavy atom. The Labute approximate surface area is 100 Å². The van der Waals surface area contributed by atoms with Crippen LogP contribution in [0, 0.1) is 0 Å². The zero-order valence-electron chi connectivity index (χ0n) is 9.60. The Morgan fingerprint density at radius 3 is 2.71 bits per heavy atom. The van der Waals surface area contributed by atoms with E-state index in [-0.39, 0.29) is 18.3 Å². The molecule has 0 fully saturated rings. The van der Waals surface area contributed by atoms with Gasteiger partial charge in [-0.1, -0.05) is 35.5 Å². The largest absolute Gasteiger partial charge is 0.409 e. The highest BCUT2D eigenvalue weighted by atomic mass is 16.4. The van der Waals surface area contributed by atoms with Crippen molar-refractivity contribution in [3.8, 4) is 0 Å². The fourth-order valence-electron chi connectivity index (χ4n) is 1.41. The number of amides is 1. The summed E-state index contributed by atoms with van der Waals surface area (Å²) in [6, 6.07) is 10.00. The second-order valence-corrected chi connectivity index (χ2v) is 3.71. The molecule has 1 aromatic carbocycles. The van der Waals surface area contributed by atoms with Crippen LogP contribution in [0.4, 0.5) is 0 Å². The molecule has 0 heterocycles. The number of nitrogens with one attached hydrogen (secondary N) is 1. The van der Waals surface area contributed by atoms with E-state index in [1.54, 1.807) is 0 Å². The van der Waals surface area contributed by atoms with Crippen molar-refractivity contribution in [2.75, 3.05) is 6.54 Å². The zero-order chi connectivity index (χ0) is 12.5. The average Bonchev–Trinajstić information content (AvgIpc) is 2.37. The molecule has 0 aliphatic carbocycles. The predicted molar refractivity (Wildman–Crippen MR) is 65.8 cm³/mol. The van der Waals surface area contributed by atoms with Crippen LogP contribution in [-0.2, 0) is 11.2 Å². The maximum absolute atomic E-state index is 11.4. The number of hydrogen-bond acceptors (Lipinski definition) is 3. The van der Waals surface area contributed by atoms with E-state index in [0.29, 0.717) is 6.42 Å². The van der Waals surface area contributed by atoms with E-state index < -0.39 is 0 Å². The van der Waals surface area contributed by atoms with Crippen LogP contribution in [0.15, 0.2) is 35.5 Å². The number of benzene rings is 1. The van der Waals surface area contributed by atoms with Crippen molar-refractivity contribution in [3.05, 3.63) is 35.9 Å². The monoisotopic (exact) mass is 235 g/mol. The summed E-state index contributed by atoms with van der Waals surface area (Å²) in [6.07, 6.45) is 2.09. The Kier molecular flexibility index (Phi) is 5.57. The third-order valence-electron chi connectivity index (χ3n) is 2.31. The molecule has 4 N–H and O–H groups in total. The lowest BCUT2D eigenvalue weighted by molar-refractivity contribution is -0.120. The first-order valence-electron chi connectivity index (χ1n) is 5.49. The summed E-state index contributed by atoms with van der Waals surface area (Å²) >= 11 is 0. The SMILES string of the molecule is N/C(CNC(=O)CCCc1ccccc1)=N/O. The smallest absolute Gasteiger partial charge is 0.220 e. The first-order valence-corrected chi connectivity index (χ1v) is 5.49.